The third-order valence-electron chi connectivity index (χ3n) is 4.45. The number of carbonyl (C=O) groups excluding carboxylic acids is 1. The molecule has 0 atom stereocenters. The molecule has 146 valence electrons. The summed E-state index contributed by atoms with van der Waals surface area (Å²) in [5.74, 6) is 0.582. The Bertz CT molecular complexity index is 1110. The number of hydrogen-bond acceptors (Lipinski definition) is 4. The van der Waals surface area contributed by atoms with Crippen molar-refractivity contribution < 1.29 is 9.21 Å². The van der Waals surface area contributed by atoms with Gasteiger partial charge in [0.15, 0.2) is 0 Å². The number of nitrogens with zero attached hydrogens (tertiary/aromatic N) is 2. The second kappa shape index (κ2) is 8.64. The smallest absolute Gasteiger partial charge is 0.274 e. The van der Waals surface area contributed by atoms with Gasteiger partial charge in [-0.15, -0.1) is 11.3 Å². The number of thiazole rings is 1. The molecule has 0 spiro atoms. The van der Waals surface area contributed by atoms with Crippen molar-refractivity contribution in [1.82, 2.24) is 9.88 Å². The van der Waals surface area contributed by atoms with E-state index in [1.807, 2.05) is 73.7 Å². The van der Waals surface area contributed by atoms with Crippen LogP contribution < -0.4 is 0 Å². The molecule has 0 aliphatic carbocycles. The first-order valence-corrected chi connectivity index (χ1v) is 10.4. The zero-order valence-corrected chi connectivity index (χ0v) is 17.4. The molecule has 0 aliphatic rings. The van der Waals surface area contributed by atoms with E-state index < -0.39 is 0 Å². The molecule has 2 aromatic carbocycles. The van der Waals surface area contributed by atoms with E-state index in [-0.39, 0.29) is 5.91 Å². The van der Waals surface area contributed by atoms with E-state index in [9.17, 15) is 4.79 Å². The summed E-state index contributed by atoms with van der Waals surface area (Å²) in [6, 6.07) is 21.1. The first kappa shape index (κ1) is 19.4. The molecule has 4 rings (SSSR count). The van der Waals surface area contributed by atoms with Gasteiger partial charge in [0.2, 0.25) is 0 Å². The molecule has 4 aromatic rings. The van der Waals surface area contributed by atoms with Crippen molar-refractivity contribution in [3.8, 4) is 10.4 Å². The third kappa shape index (κ3) is 4.58. The lowest BCUT2D eigenvalue weighted by atomic mass is 10.1. The van der Waals surface area contributed by atoms with Crippen LogP contribution in [-0.4, -0.2) is 15.8 Å². The van der Waals surface area contributed by atoms with Crippen molar-refractivity contribution >= 4 is 28.8 Å². The van der Waals surface area contributed by atoms with Crippen molar-refractivity contribution in [3.05, 3.63) is 100 Å². The molecule has 29 heavy (non-hydrogen) atoms. The van der Waals surface area contributed by atoms with E-state index in [1.165, 1.54) is 11.3 Å². The minimum absolute atomic E-state index is 0.135. The van der Waals surface area contributed by atoms with Gasteiger partial charge in [-0.25, -0.2) is 4.98 Å². The predicted molar refractivity (Wildman–Crippen MR) is 116 cm³/mol. The average Bonchev–Trinajstić information content (AvgIpc) is 3.37. The van der Waals surface area contributed by atoms with E-state index in [0.29, 0.717) is 29.6 Å². The van der Waals surface area contributed by atoms with Crippen LogP contribution >= 0.6 is 22.9 Å². The molecular formula is C23H19ClN2O2S. The van der Waals surface area contributed by atoms with Crippen LogP contribution in [0.15, 0.2) is 77.4 Å². The SMILES string of the molecule is Cc1nc(C(=O)N(Cc2cccc(Cl)c2)Cc2ccco2)c(-c2ccccc2)s1. The van der Waals surface area contributed by atoms with Gasteiger partial charge in [0.1, 0.15) is 11.5 Å². The van der Waals surface area contributed by atoms with E-state index in [0.717, 1.165) is 21.0 Å². The van der Waals surface area contributed by atoms with Crippen LogP contribution in [0.1, 0.15) is 26.8 Å². The summed E-state index contributed by atoms with van der Waals surface area (Å²) in [7, 11) is 0. The van der Waals surface area contributed by atoms with Crippen molar-refractivity contribution in [3.63, 3.8) is 0 Å². The Morgan fingerprint density at radius 3 is 2.62 bits per heavy atom. The number of hydrogen-bond donors (Lipinski definition) is 0. The maximum Gasteiger partial charge on any atom is 0.274 e. The predicted octanol–water partition coefficient (Wildman–Crippen LogP) is 6.21. The number of halogens is 1. The van der Waals surface area contributed by atoms with Gasteiger partial charge >= 0.3 is 0 Å². The molecule has 0 aliphatic heterocycles. The van der Waals surface area contributed by atoms with E-state index >= 15 is 0 Å². The first-order valence-electron chi connectivity index (χ1n) is 9.19. The van der Waals surface area contributed by atoms with Crippen molar-refractivity contribution in [2.45, 2.75) is 20.0 Å². The van der Waals surface area contributed by atoms with Gasteiger partial charge in [0.05, 0.1) is 22.7 Å². The Labute approximate surface area is 178 Å². The number of furan rings is 1. The molecule has 4 nitrogen and oxygen atoms in total. The summed E-state index contributed by atoms with van der Waals surface area (Å²) >= 11 is 7.67. The number of aryl methyl sites for hydroxylation is 1. The van der Waals surface area contributed by atoms with Crippen molar-refractivity contribution in [2.24, 2.45) is 0 Å². The second-order valence-corrected chi connectivity index (χ2v) is 8.29. The molecule has 0 fully saturated rings. The van der Waals surface area contributed by atoms with Crippen LogP contribution in [0.4, 0.5) is 0 Å². The third-order valence-corrected chi connectivity index (χ3v) is 5.70. The fraction of sp³-hybridized carbons (Fsp3) is 0.130. The summed E-state index contributed by atoms with van der Waals surface area (Å²) < 4.78 is 5.49. The molecular weight excluding hydrogens is 404 g/mol. The number of aromatic nitrogens is 1. The normalized spacial score (nSPS) is 10.8. The van der Waals surface area contributed by atoms with Crippen LogP contribution in [-0.2, 0) is 13.1 Å². The van der Waals surface area contributed by atoms with Crippen molar-refractivity contribution in [1.29, 1.82) is 0 Å². The van der Waals surface area contributed by atoms with Crippen LogP contribution in [0, 0.1) is 6.92 Å². The summed E-state index contributed by atoms with van der Waals surface area (Å²) in [5, 5.41) is 1.50. The number of carbonyl (C=O) groups is 1. The molecule has 1 amide bonds. The first-order chi connectivity index (χ1) is 14.1. The van der Waals surface area contributed by atoms with Gasteiger partial charge in [-0.05, 0) is 42.3 Å². The summed E-state index contributed by atoms with van der Waals surface area (Å²) in [6.07, 6.45) is 1.61. The highest BCUT2D eigenvalue weighted by Crippen LogP contribution is 2.31. The standard InChI is InChI=1S/C23H19ClN2O2S/c1-16-25-21(22(29-16)18-8-3-2-4-9-18)23(27)26(15-20-11-6-12-28-20)14-17-7-5-10-19(24)13-17/h2-13H,14-15H2,1H3. The molecule has 0 bridgehead atoms. The highest BCUT2D eigenvalue weighted by molar-refractivity contribution is 7.15. The molecule has 0 unspecified atom stereocenters. The maximum absolute atomic E-state index is 13.6. The fourth-order valence-electron chi connectivity index (χ4n) is 3.15. The quantitative estimate of drug-likeness (QED) is 0.371. The molecule has 0 N–H and O–H groups in total. The number of amides is 1. The Balaban J connectivity index is 1.70. The Morgan fingerprint density at radius 1 is 1.07 bits per heavy atom. The molecule has 2 aromatic heterocycles. The van der Waals surface area contributed by atoms with Gasteiger partial charge in [-0.1, -0.05) is 54.1 Å². The van der Waals surface area contributed by atoms with Gasteiger partial charge in [-0.2, -0.15) is 0 Å². The Morgan fingerprint density at radius 2 is 1.90 bits per heavy atom. The summed E-state index contributed by atoms with van der Waals surface area (Å²) in [6.45, 7) is 2.68. The number of benzene rings is 2. The molecule has 0 saturated carbocycles. The second-order valence-electron chi connectivity index (χ2n) is 6.65. The Hall–Kier alpha value is -2.89. The van der Waals surface area contributed by atoms with Gasteiger partial charge in [0, 0.05) is 11.6 Å². The lowest BCUT2D eigenvalue weighted by molar-refractivity contribution is 0.0713. The average molecular weight is 423 g/mol. The lowest BCUT2D eigenvalue weighted by Crippen LogP contribution is -2.30. The molecule has 0 saturated heterocycles. The van der Waals surface area contributed by atoms with Crippen LogP contribution in [0.25, 0.3) is 10.4 Å². The monoisotopic (exact) mass is 422 g/mol. The van der Waals surface area contributed by atoms with Gasteiger partial charge < -0.3 is 9.32 Å². The minimum atomic E-state index is -0.135. The zero-order valence-electron chi connectivity index (χ0n) is 15.8. The topological polar surface area (TPSA) is 46.3 Å². The van der Waals surface area contributed by atoms with E-state index in [2.05, 4.69) is 4.98 Å². The number of rotatable bonds is 6. The van der Waals surface area contributed by atoms with E-state index in [4.69, 9.17) is 16.0 Å². The van der Waals surface area contributed by atoms with Crippen LogP contribution in [0.3, 0.4) is 0 Å². The molecule has 2 heterocycles. The summed E-state index contributed by atoms with van der Waals surface area (Å²) in [4.78, 5) is 20.8. The van der Waals surface area contributed by atoms with Crippen molar-refractivity contribution in [2.75, 3.05) is 0 Å². The molecule has 6 heteroatoms. The van der Waals surface area contributed by atoms with Gasteiger partial charge in [0.25, 0.3) is 5.91 Å². The fourth-order valence-corrected chi connectivity index (χ4v) is 4.28. The minimum Gasteiger partial charge on any atom is -0.467 e. The highest BCUT2D eigenvalue weighted by atomic mass is 35.5. The van der Waals surface area contributed by atoms with Gasteiger partial charge in [-0.3, -0.25) is 4.79 Å². The largest absolute Gasteiger partial charge is 0.467 e. The lowest BCUT2D eigenvalue weighted by Gasteiger charge is -2.22. The summed E-state index contributed by atoms with van der Waals surface area (Å²) in [5.41, 5.74) is 2.40. The highest BCUT2D eigenvalue weighted by Gasteiger charge is 2.24. The maximum atomic E-state index is 13.6. The zero-order chi connectivity index (χ0) is 20.2. The van der Waals surface area contributed by atoms with E-state index in [1.54, 1.807) is 11.2 Å². The van der Waals surface area contributed by atoms with Crippen LogP contribution in [0.5, 0.6) is 0 Å². The Kier molecular flexibility index (Phi) is 5.79. The van der Waals surface area contributed by atoms with Crippen LogP contribution in [0.2, 0.25) is 5.02 Å². The molecule has 0 radical (unpaired) electrons.